The molecule has 2 heteroatoms. The second-order valence-corrected chi connectivity index (χ2v) is 3.49. The van der Waals surface area contributed by atoms with E-state index in [0.29, 0.717) is 11.0 Å². The van der Waals surface area contributed by atoms with Gasteiger partial charge in [0.25, 0.3) is 0 Å². The first-order chi connectivity index (χ1) is 4.88. The number of rotatable bonds is 0. The number of hydrogen-bond donors (Lipinski definition) is 1. The molecule has 2 rings (SSSR count). The molecular formula is C8H8OS. The lowest BCUT2D eigenvalue weighted by atomic mass is 9.99. The lowest BCUT2D eigenvalue weighted by Crippen LogP contribution is -2.11. The first kappa shape index (κ1) is 6.10. The zero-order chi connectivity index (χ0) is 6.97. The topological polar surface area (TPSA) is 20.2 Å². The van der Waals surface area contributed by atoms with E-state index in [1.807, 2.05) is 23.6 Å². The standard InChI is InChI=1S/C8H8OS/c9-7-5-10-8-4-2-1-3-6(7)8/h1-6,8-9H. The van der Waals surface area contributed by atoms with Crippen LogP contribution in [0.15, 0.2) is 35.5 Å². The molecule has 0 radical (unpaired) electrons. The number of thioether (sulfide) groups is 1. The van der Waals surface area contributed by atoms with Crippen LogP contribution in [0.3, 0.4) is 0 Å². The Morgan fingerprint density at radius 1 is 1.30 bits per heavy atom. The zero-order valence-corrected chi connectivity index (χ0v) is 6.21. The smallest absolute Gasteiger partial charge is 0.107 e. The summed E-state index contributed by atoms with van der Waals surface area (Å²) in [5.74, 6) is 0.755. The summed E-state index contributed by atoms with van der Waals surface area (Å²) >= 11 is 1.68. The SMILES string of the molecule is OC1=CSC2C=CC=CC12. The number of allylic oxidation sites excluding steroid dienone is 3. The molecule has 1 nitrogen and oxygen atoms in total. The molecule has 1 aliphatic carbocycles. The van der Waals surface area contributed by atoms with Crippen molar-refractivity contribution in [1.82, 2.24) is 0 Å². The minimum Gasteiger partial charge on any atom is -0.511 e. The molecule has 0 aromatic heterocycles. The molecular weight excluding hydrogens is 144 g/mol. The maximum absolute atomic E-state index is 9.28. The van der Waals surface area contributed by atoms with Crippen LogP contribution in [0.2, 0.25) is 0 Å². The Bertz CT molecular complexity index is 227. The molecule has 2 unspecified atom stereocenters. The number of hydrogen-bond acceptors (Lipinski definition) is 2. The van der Waals surface area contributed by atoms with Crippen molar-refractivity contribution in [2.24, 2.45) is 5.92 Å². The van der Waals surface area contributed by atoms with Crippen LogP contribution < -0.4 is 0 Å². The summed E-state index contributed by atoms with van der Waals surface area (Å²) in [5, 5.41) is 11.6. The molecule has 10 heavy (non-hydrogen) atoms. The van der Waals surface area contributed by atoms with Crippen molar-refractivity contribution in [1.29, 1.82) is 0 Å². The van der Waals surface area contributed by atoms with E-state index in [2.05, 4.69) is 6.08 Å². The van der Waals surface area contributed by atoms with Gasteiger partial charge in [-0.25, -0.2) is 0 Å². The Labute approximate surface area is 64.1 Å². The van der Waals surface area contributed by atoms with Gasteiger partial charge in [0.15, 0.2) is 0 Å². The molecule has 1 aliphatic heterocycles. The third-order valence-electron chi connectivity index (χ3n) is 1.77. The van der Waals surface area contributed by atoms with Crippen LogP contribution in [-0.2, 0) is 0 Å². The van der Waals surface area contributed by atoms with E-state index in [-0.39, 0.29) is 5.92 Å². The Kier molecular flexibility index (Phi) is 1.34. The van der Waals surface area contributed by atoms with E-state index < -0.39 is 0 Å². The molecule has 0 spiro atoms. The maximum Gasteiger partial charge on any atom is 0.107 e. The normalized spacial score (nSPS) is 35.8. The molecule has 1 heterocycles. The highest BCUT2D eigenvalue weighted by atomic mass is 32.2. The third-order valence-corrected chi connectivity index (χ3v) is 2.91. The first-order valence-electron chi connectivity index (χ1n) is 3.27. The largest absolute Gasteiger partial charge is 0.511 e. The predicted molar refractivity (Wildman–Crippen MR) is 43.9 cm³/mol. The minimum absolute atomic E-state index is 0.245. The molecule has 0 amide bonds. The van der Waals surface area contributed by atoms with E-state index in [1.165, 1.54) is 0 Å². The highest BCUT2D eigenvalue weighted by molar-refractivity contribution is 8.03. The van der Waals surface area contributed by atoms with Crippen molar-refractivity contribution in [3.63, 3.8) is 0 Å². The van der Waals surface area contributed by atoms with E-state index in [4.69, 9.17) is 0 Å². The van der Waals surface area contributed by atoms with Crippen LogP contribution in [0.4, 0.5) is 0 Å². The van der Waals surface area contributed by atoms with Gasteiger partial charge >= 0.3 is 0 Å². The summed E-state index contributed by atoms with van der Waals surface area (Å²) in [6.07, 6.45) is 8.17. The molecule has 2 aliphatic rings. The average Bonchev–Trinajstić information content (AvgIpc) is 2.34. The van der Waals surface area contributed by atoms with Gasteiger partial charge in [-0.15, -0.1) is 11.8 Å². The number of aliphatic hydroxyl groups is 1. The van der Waals surface area contributed by atoms with Crippen LogP contribution in [-0.4, -0.2) is 10.4 Å². The minimum atomic E-state index is 0.245. The fourth-order valence-corrected chi connectivity index (χ4v) is 2.25. The number of fused-ring (bicyclic) bond motifs is 1. The fourth-order valence-electron chi connectivity index (χ4n) is 1.21. The summed E-state index contributed by atoms with van der Waals surface area (Å²) in [7, 11) is 0. The molecule has 52 valence electrons. The van der Waals surface area contributed by atoms with Gasteiger partial charge in [0, 0.05) is 10.7 Å². The monoisotopic (exact) mass is 152 g/mol. The second kappa shape index (κ2) is 2.20. The Hall–Kier alpha value is -0.630. The second-order valence-electron chi connectivity index (χ2n) is 2.44. The molecule has 0 bridgehead atoms. The molecule has 0 fully saturated rings. The van der Waals surface area contributed by atoms with Gasteiger partial charge in [0.05, 0.1) is 5.92 Å². The van der Waals surface area contributed by atoms with Gasteiger partial charge in [-0.2, -0.15) is 0 Å². The van der Waals surface area contributed by atoms with Crippen LogP contribution in [0, 0.1) is 5.92 Å². The van der Waals surface area contributed by atoms with Gasteiger partial charge in [-0.05, 0) is 0 Å². The lowest BCUT2D eigenvalue weighted by molar-refractivity contribution is 0.365. The van der Waals surface area contributed by atoms with Gasteiger partial charge in [0.1, 0.15) is 5.76 Å². The highest BCUT2D eigenvalue weighted by Crippen LogP contribution is 2.37. The summed E-state index contributed by atoms with van der Waals surface area (Å²) < 4.78 is 0. The molecule has 0 aromatic carbocycles. The molecule has 0 saturated carbocycles. The summed E-state index contributed by atoms with van der Waals surface area (Å²) in [6.45, 7) is 0. The third kappa shape index (κ3) is 0.797. The van der Waals surface area contributed by atoms with Crippen LogP contribution in [0.5, 0.6) is 0 Å². The van der Waals surface area contributed by atoms with Gasteiger partial charge in [0.2, 0.25) is 0 Å². The van der Waals surface area contributed by atoms with E-state index in [0.717, 1.165) is 0 Å². The quantitative estimate of drug-likeness (QED) is 0.574. The highest BCUT2D eigenvalue weighted by Gasteiger charge is 2.27. The van der Waals surface area contributed by atoms with Crippen molar-refractivity contribution in [2.45, 2.75) is 5.25 Å². The Morgan fingerprint density at radius 2 is 2.10 bits per heavy atom. The van der Waals surface area contributed by atoms with Crippen molar-refractivity contribution >= 4 is 11.8 Å². The van der Waals surface area contributed by atoms with Crippen LogP contribution >= 0.6 is 11.8 Å². The Morgan fingerprint density at radius 3 is 2.90 bits per heavy atom. The van der Waals surface area contributed by atoms with Gasteiger partial charge in [-0.1, -0.05) is 24.3 Å². The molecule has 1 N–H and O–H groups in total. The zero-order valence-electron chi connectivity index (χ0n) is 5.40. The van der Waals surface area contributed by atoms with E-state index >= 15 is 0 Å². The average molecular weight is 152 g/mol. The first-order valence-corrected chi connectivity index (χ1v) is 4.22. The van der Waals surface area contributed by atoms with E-state index in [9.17, 15) is 5.11 Å². The molecule has 2 atom stereocenters. The lowest BCUT2D eigenvalue weighted by Gasteiger charge is -2.14. The van der Waals surface area contributed by atoms with Gasteiger partial charge < -0.3 is 5.11 Å². The van der Waals surface area contributed by atoms with Crippen LogP contribution in [0.25, 0.3) is 0 Å². The van der Waals surface area contributed by atoms with E-state index in [1.54, 1.807) is 11.8 Å². The summed E-state index contributed by atoms with van der Waals surface area (Å²) in [5.41, 5.74) is 0. The van der Waals surface area contributed by atoms with Crippen molar-refractivity contribution in [3.8, 4) is 0 Å². The van der Waals surface area contributed by atoms with Gasteiger partial charge in [-0.3, -0.25) is 0 Å². The number of aliphatic hydroxyl groups excluding tert-OH is 1. The van der Waals surface area contributed by atoms with Crippen LogP contribution in [0.1, 0.15) is 0 Å². The van der Waals surface area contributed by atoms with Crippen molar-refractivity contribution in [2.75, 3.05) is 0 Å². The molecule has 0 aromatic rings. The fraction of sp³-hybridized carbons (Fsp3) is 0.250. The summed E-state index contributed by atoms with van der Waals surface area (Å²) in [4.78, 5) is 0. The Balaban J connectivity index is 2.27. The van der Waals surface area contributed by atoms with Crippen molar-refractivity contribution in [3.05, 3.63) is 35.5 Å². The molecule has 0 saturated heterocycles. The van der Waals surface area contributed by atoms with Crippen molar-refractivity contribution < 1.29 is 5.11 Å². The predicted octanol–water partition coefficient (Wildman–Crippen LogP) is 2.24. The summed E-state index contributed by atoms with van der Waals surface area (Å²) in [6, 6.07) is 0. The maximum atomic E-state index is 9.28.